The molecule has 3 unspecified atom stereocenters. The van der Waals surface area contributed by atoms with Crippen molar-refractivity contribution < 1.29 is 0 Å². The highest BCUT2D eigenvalue weighted by Crippen LogP contribution is 2.52. The summed E-state index contributed by atoms with van der Waals surface area (Å²) in [4.78, 5) is 0. The van der Waals surface area contributed by atoms with Gasteiger partial charge in [0.05, 0.1) is 0 Å². The Bertz CT molecular complexity index is 900. The van der Waals surface area contributed by atoms with Crippen LogP contribution in [-0.2, 0) is 0 Å². The number of allylic oxidation sites excluding steroid dienone is 3. The second-order valence-electron chi connectivity index (χ2n) is 9.16. The predicted molar refractivity (Wildman–Crippen MR) is 127 cm³/mol. The highest BCUT2D eigenvalue weighted by atomic mass is 14.4. The lowest BCUT2D eigenvalue weighted by Crippen LogP contribution is -2.26. The van der Waals surface area contributed by atoms with Crippen molar-refractivity contribution in [3.8, 4) is 0 Å². The molecule has 0 saturated carbocycles. The third-order valence-electron chi connectivity index (χ3n) is 7.05. The van der Waals surface area contributed by atoms with Gasteiger partial charge in [-0.05, 0) is 53.4 Å². The molecule has 29 heavy (non-hydrogen) atoms. The van der Waals surface area contributed by atoms with Crippen LogP contribution in [0.3, 0.4) is 0 Å². The van der Waals surface area contributed by atoms with E-state index in [4.69, 9.17) is 0 Å². The molecule has 0 aliphatic heterocycles. The van der Waals surface area contributed by atoms with E-state index in [-0.39, 0.29) is 5.41 Å². The zero-order chi connectivity index (χ0) is 20.1. The Kier molecular flexibility index (Phi) is 6.19. The minimum absolute atomic E-state index is 0.272. The van der Waals surface area contributed by atoms with Gasteiger partial charge in [-0.15, -0.1) is 6.58 Å². The van der Waals surface area contributed by atoms with E-state index in [2.05, 4.69) is 86.3 Å². The standard InChI is InChI=1S/C29H34/c1-3-4-5-6-7-12-21-29(2,28-20-19-24-14-9-11-16-27(24)28)22-25-18-17-23-13-8-10-15-26(23)25/h3,8-11,13-20,25,28H,1,4-7,12,21-22H2,2H3. The average Bonchev–Trinajstić information content (AvgIpc) is 3.35. The van der Waals surface area contributed by atoms with Crippen molar-refractivity contribution in [2.75, 3.05) is 0 Å². The number of hydrogen-bond acceptors (Lipinski definition) is 0. The lowest BCUT2D eigenvalue weighted by atomic mass is 9.66. The third kappa shape index (κ3) is 4.32. The second kappa shape index (κ2) is 8.99. The van der Waals surface area contributed by atoms with Gasteiger partial charge in [-0.1, -0.05) is 105 Å². The lowest BCUT2D eigenvalue weighted by Gasteiger charge is -2.38. The number of fused-ring (bicyclic) bond motifs is 2. The first-order valence-corrected chi connectivity index (χ1v) is 11.4. The minimum Gasteiger partial charge on any atom is -0.103 e. The quantitative estimate of drug-likeness (QED) is 0.285. The van der Waals surface area contributed by atoms with Crippen LogP contribution in [0.25, 0.3) is 12.2 Å². The summed E-state index contributed by atoms with van der Waals surface area (Å²) in [6.07, 6.45) is 20.6. The molecule has 0 spiro atoms. The van der Waals surface area contributed by atoms with Crippen molar-refractivity contribution in [3.63, 3.8) is 0 Å². The summed E-state index contributed by atoms with van der Waals surface area (Å²) in [6.45, 7) is 6.40. The van der Waals surface area contributed by atoms with E-state index in [1.54, 1.807) is 0 Å². The van der Waals surface area contributed by atoms with Gasteiger partial charge in [-0.3, -0.25) is 0 Å². The Morgan fingerprint density at radius 1 is 0.828 bits per heavy atom. The maximum Gasteiger partial charge on any atom is 0.00814 e. The van der Waals surface area contributed by atoms with Crippen LogP contribution in [0, 0.1) is 5.41 Å². The molecule has 0 saturated heterocycles. The van der Waals surface area contributed by atoms with Crippen molar-refractivity contribution in [3.05, 3.63) is 95.6 Å². The van der Waals surface area contributed by atoms with Gasteiger partial charge in [0.15, 0.2) is 0 Å². The van der Waals surface area contributed by atoms with E-state index in [0.29, 0.717) is 11.8 Å². The van der Waals surface area contributed by atoms with E-state index < -0.39 is 0 Å². The molecule has 0 N–H and O–H groups in total. The van der Waals surface area contributed by atoms with Crippen LogP contribution in [-0.4, -0.2) is 0 Å². The monoisotopic (exact) mass is 382 g/mol. The van der Waals surface area contributed by atoms with Gasteiger partial charge in [0.1, 0.15) is 0 Å². The van der Waals surface area contributed by atoms with Gasteiger partial charge in [-0.2, -0.15) is 0 Å². The van der Waals surface area contributed by atoms with E-state index >= 15 is 0 Å². The summed E-state index contributed by atoms with van der Waals surface area (Å²) in [5, 5.41) is 0. The molecule has 2 aromatic rings. The highest BCUT2D eigenvalue weighted by Gasteiger charge is 2.38. The predicted octanol–water partition coefficient (Wildman–Crippen LogP) is 8.53. The molecule has 0 radical (unpaired) electrons. The highest BCUT2D eigenvalue weighted by molar-refractivity contribution is 5.64. The first-order chi connectivity index (χ1) is 14.2. The minimum atomic E-state index is 0.272. The van der Waals surface area contributed by atoms with Crippen molar-refractivity contribution in [2.24, 2.45) is 5.41 Å². The van der Waals surface area contributed by atoms with Gasteiger partial charge >= 0.3 is 0 Å². The van der Waals surface area contributed by atoms with E-state index in [0.717, 1.165) is 6.42 Å². The van der Waals surface area contributed by atoms with E-state index in [9.17, 15) is 0 Å². The Morgan fingerprint density at radius 3 is 2.28 bits per heavy atom. The van der Waals surface area contributed by atoms with Gasteiger partial charge in [0, 0.05) is 11.8 Å². The van der Waals surface area contributed by atoms with Crippen LogP contribution in [0.1, 0.15) is 86.0 Å². The zero-order valence-electron chi connectivity index (χ0n) is 17.8. The van der Waals surface area contributed by atoms with Crippen LogP contribution in [0.4, 0.5) is 0 Å². The normalized spacial score (nSPS) is 21.0. The molecule has 4 rings (SSSR count). The van der Waals surface area contributed by atoms with Crippen LogP contribution in [0.5, 0.6) is 0 Å². The smallest absolute Gasteiger partial charge is 0.00814 e. The number of rotatable bonds is 10. The molecule has 3 atom stereocenters. The molecule has 0 fully saturated rings. The van der Waals surface area contributed by atoms with Gasteiger partial charge in [-0.25, -0.2) is 0 Å². The zero-order valence-corrected chi connectivity index (χ0v) is 17.8. The Morgan fingerprint density at radius 2 is 1.48 bits per heavy atom. The molecular weight excluding hydrogens is 348 g/mol. The first-order valence-electron chi connectivity index (χ1n) is 11.4. The molecular formula is C29H34. The third-order valence-corrected chi connectivity index (χ3v) is 7.05. The van der Waals surface area contributed by atoms with Gasteiger partial charge in [0.2, 0.25) is 0 Å². The van der Waals surface area contributed by atoms with Crippen molar-refractivity contribution in [1.29, 1.82) is 0 Å². The molecule has 0 heteroatoms. The largest absolute Gasteiger partial charge is 0.103 e. The topological polar surface area (TPSA) is 0 Å². The molecule has 0 amide bonds. The fourth-order valence-corrected chi connectivity index (χ4v) is 5.42. The molecule has 2 aliphatic rings. The Hall–Kier alpha value is -2.34. The SMILES string of the molecule is C=CCCCCCCC(C)(CC1C=Cc2ccccc21)C1C=Cc2ccccc21. The first kappa shape index (κ1) is 20.0. The number of benzene rings is 2. The average molecular weight is 383 g/mol. The van der Waals surface area contributed by atoms with Crippen molar-refractivity contribution in [1.82, 2.24) is 0 Å². The maximum atomic E-state index is 3.85. The van der Waals surface area contributed by atoms with Crippen molar-refractivity contribution >= 4 is 12.2 Å². The van der Waals surface area contributed by atoms with E-state index in [1.807, 2.05) is 6.08 Å². The maximum absolute atomic E-state index is 3.85. The summed E-state index contributed by atoms with van der Waals surface area (Å²) in [5.41, 5.74) is 6.13. The summed E-state index contributed by atoms with van der Waals surface area (Å²) in [6, 6.07) is 17.9. The molecule has 0 aromatic heterocycles. The Labute approximate surface area is 177 Å². The summed E-state index contributed by atoms with van der Waals surface area (Å²) >= 11 is 0. The van der Waals surface area contributed by atoms with Gasteiger partial charge < -0.3 is 0 Å². The molecule has 0 heterocycles. The fraction of sp³-hybridized carbons (Fsp3) is 0.379. The Balaban J connectivity index is 1.52. The van der Waals surface area contributed by atoms with E-state index in [1.165, 1.54) is 60.8 Å². The fourth-order valence-electron chi connectivity index (χ4n) is 5.42. The van der Waals surface area contributed by atoms with Crippen LogP contribution >= 0.6 is 0 Å². The molecule has 2 aliphatic carbocycles. The number of hydrogen-bond donors (Lipinski definition) is 0. The van der Waals surface area contributed by atoms with Crippen LogP contribution < -0.4 is 0 Å². The van der Waals surface area contributed by atoms with Gasteiger partial charge in [0.25, 0.3) is 0 Å². The lowest BCUT2D eigenvalue weighted by molar-refractivity contribution is 0.224. The molecule has 0 nitrogen and oxygen atoms in total. The number of unbranched alkanes of at least 4 members (excludes halogenated alkanes) is 4. The molecule has 0 bridgehead atoms. The summed E-state index contributed by atoms with van der Waals surface area (Å²) in [5.74, 6) is 1.06. The van der Waals surface area contributed by atoms with Crippen LogP contribution in [0.15, 0.2) is 73.3 Å². The second-order valence-corrected chi connectivity index (χ2v) is 9.16. The van der Waals surface area contributed by atoms with Crippen LogP contribution in [0.2, 0.25) is 0 Å². The molecule has 150 valence electrons. The summed E-state index contributed by atoms with van der Waals surface area (Å²) in [7, 11) is 0. The molecule has 2 aromatic carbocycles. The van der Waals surface area contributed by atoms with Crippen molar-refractivity contribution in [2.45, 2.75) is 63.7 Å². The summed E-state index contributed by atoms with van der Waals surface area (Å²) < 4.78 is 0.